The number of benzene rings is 1. The van der Waals surface area contributed by atoms with Gasteiger partial charge in [-0.25, -0.2) is 19.2 Å². The minimum atomic E-state index is -0.635. The van der Waals surface area contributed by atoms with Gasteiger partial charge in [-0.05, 0) is 47.4 Å². The fraction of sp³-hybridized carbons (Fsp3) is 0.440. The lowest BCUT2D eigenvalue weighted by molar-refractivity contribution is -0.122. The SMILES string of the molecule is COC(=O)c1coc(-c2nc3oc2C2CCc4c(F)cc(cc42)CCC(=O)N[C@H]3C(C)(C)C)n1. The molecule has 1 amide bonds. The van der Waals surface area contributed by atoms with Crippen molar-refractivity contribution in [1.82, 2.24) is 15.3 Å². The van der Waals surface area contributed by atoms with Gasteiger partial charge in [0.25, 0.3) is 0 Å². The second kappa shape index (κ2) is 8.07. The van der Waals surface area contributed by atoms with Crippen LogP contribution in [0.3, 0.4) is 0 Å². The first-order chi connectivity index (χ1) is 16.2. The van der Waals surface area contributed by atoms with E-state index in [-0.39, 0.29) is 35.6 Å². The summed E-state index contributed by atoms with van der Waals surface area (Å²) in [6.45, 7) is 5.96. The van der Waals surface area contributed by atoms with Crippen LogP contribution >= 0.6 is 0 Å². The number of oxazole rings is 2. The summed E-state index contributed by atoms with van der Waals surface area (Å²) in [4.78, 5) is 33.7. The van der Waals surface area contributed by atoms with E-state index in [4.69, 9.17) is 18.6 Å². The summed E-state index contributed by atoms with van der Waals surface area (Å²) in [7, 11) is 1.26. The number of amides is 1. The van der Waals surface area contributed by atoms with E-state index in [2.05, 4.69) is 10.3 Å². The number of aryl methyl sites for hydroxylation is 1. The molecule has 1 aliphatic carbocycles. The number of halogens is 1. The second-order valence-corrected chi connectivity index (χ2v) is 9.90. The molecule has 4 bridgehead atoms. The van der Waals surface area contributed by atoms with Crippen LogP contribution in [-0.2, 0) is 22.4 Å². The van der Waals surface area contributed by atoms with Gasteiger partial charge in [0.15, 0.2) is 11.4 Å². The number of nitrogens with zero attached hydrogens (tertiary/aromatic N) is 2. The highest BCUT2D eigenvalue weighted by atomic mass is 19.1. The highest BCUT2D eigenvalue weighted by Crippen LogP contribution is 2.45. The predicted octanol–water partition coefficient (Wildman–Crippen LogP) is 4.48. The number of ether oxygens (including phenoxy) is 1. The lowest BCUT2D eigenvalue weighted by Gasteiger charge is -2.29. The molecule has 2 aromatic heterocycles. The van der Waals surface area contributed by atoms with Crippen LogP contribution in [0.5, 0.6) is 0 Å². The second-order valence-electron chi connectivity index (χ2n) is 9.90. The Morgan fingerprint density at radius 2 is 2.00 bits per heavy atom. The van der Waals surface area contributed by atoms with E-state index in [9.17, 15) is 14.0 Å². The average Bonchev–Trinajstić information content (AvgIpc) is 3.51. The third-order valence-corrected chi connectivity index (χ3v) is 6.49. The first-order valence-electron chi connectivity index (χ1n) is 11.3. The minimum Gasteiger partial charge on any atom is -0.464 e. The monoisotopic (exact) mass is 467 g/mol. The van der Waals surface area contributed by atoms with E-state index >= 15 is 0 Å². The molecule has 2 atom stereocenters. The summed E-state index contributed by atoms with van der Waals surface area (Å²) in [5, 5.41) is 3.04. The van der Waals surface area contributed by atoms with Crippen molar-refractivity contribution in [3.63, 3.8) is 0 Å². The third kappa shape index (κ3) is 3.78. The lowest BCUT2D eigenvalue weighted by atomic mass is 9.86. The van der Waals surface area contributed by atoms with Crippen molar-refractivity contribution >= 4 is 11.9 Å². The van der Waals surface area contributed by atoms with Crippen molar-refractivity contribution < 1.29 is 27.6 Å². The minimum absolute atomic E-state index is 0.00624. The molecule has 5 rings (SSSR count). The summed E-state index contributed by atoms with van der Waals surface area (Å²) < 4.78 is 31.6. The molecule has 1 unspecified atom stereocenters. The first kappa shape index (κ1) is 22.3. The van der Waals surface area contributed by atoms with Gasteiger partial charge in [-0.2, -0.15) is 0 Å². The molecule has 178 valence electrons. The highest BCUT2D eigenvalue weighted by Gasteiger charge is 2.39. The smallest absolute Gasteiger partial charge is 0.360 e. The van der Waals surface area contributed by atoms with Crippen LogP contribution in [0.4, 0.5) is 4.39 Å². The number of aromatic nitrogens is 2. The number of carbonyl (C=O) groups excluding carboxylic acids is 2. The number of carbonyl (C=O) groups is 2. The van der Waals surface area contributed by atoms with Gasteiger partial charge in [0.2, 0.25) is 17.7 Å². The molecule has 0 spiro atoms. The molecule has 1 N–H and O–H groups in total. The molecule has 3 heterocycles. The number of fused-ring (bicyclic) bond motifs is 4. The molecule has 0 radical (unpaired) electrons. The zero-order chi connectivity index (χ0) is 24.2. The highest BCUT2D eigenvalue weighted by molar-refractivity contribution is 5.87. The summed E-state index contributed by atoms with van der Waals surface area (Å²) in [5.41, 5.74) is 2.16. The van der Waals surface area contributed by atoms with Gasteiger partial charge in [0.05, 0.1) is 7.11 Å². The van der Waals surface area contributed by atoms with Crippen LogP contribution in [0.2, 0.25) is 0 Å². The topological polar surface area (TPSA) is 107 Å². The molecule has 3 aromatic rings. The number of methoxy groups -OCH3 is 1. The van der Waals surface area contributed by atoms with E-state index in [1.54, 1.807) is 0 Å². The maximum atomic E-state index is 14.9. The van der Waals surface area contributed by atoms with Gasteiger partial charge in [-0.15, -0.1) is 0 Å². The Hall–Kier alpha value is -3.49. The van der Waals surface area contributed by atoms with E-state index in [1.807, 2.05) is 26.8 Å². The molecule has 0 saturated heterocycles. The van der Waals surface area contributed by atoms with E-state index in [0.717, 1.165) is 11.1 Å². The van der Waals surface area contributed by atoms with E-state index in [0.29, 0.717) is 42.2 Å². The number of hydrogen-bond donors (Lipinski definition) is 1. The molecule has 8 nitrogen and oxygen atoms in total. The van der Waals surface area contributed by atoms with Crippen LogP contribution in [0, 0.1) is 11.2 Å². The number of hydrogen-bond acceptors (Lipinski definition) is 7. The molecular formula is C25H26FN3O5. The number of esters is 1. The Morgan fingerprint density at radius 1 is 1.21 bits per heavy atom. The fourth-order valence-corrected chi connectivity index (χ4v) is 4.73. The molecule has 9 heteroatoms. The summed E-state index contributed by atoms with van der Waals surface area (Å²) in [6, 6.07) is 2.95. The van der Waals surface area contributed by atoms with Gasteiger partial charge < -0.3 is 18.9 Å². The van der Waals surface area contributed by atoms with Crippen LogP contribution in [0.25, 0.3) is 11.6 Å². The summed E-state index contributed by atoms with van der Waals surface area (Å²) in [6.07, 6.45) is 3.05. The van der Waals surface area contributed by atoms with Gasteiger partial charge in [-0.3, -0.25) is 4.79 Å². The molecule has 0 fully saturated rings. The zero-order valence-corrected chi connectivity index (χ0v) is 19.5. The Morgan fingerprint density at radius 3 is 2.74 bits per heavy atom. The van der Waals surface area contributed by atoms with Gasteiger partial charge >= 0.3 is 5.97 Å². The number of nitrogens with one attached hydrogen (secondary N) is 1. The fourth-order valence-electron chi connectivity index (χ4n) is 4.73. The Bertz CT molecular complexity index is 1290. The van der Waals surface area contributed by atoms with Crippen LogP contribution in [0.15, 0.2) is 27.2 Å². The maximum Gasteiger partial charge on any atom is 0.360 e. The Balaban J connectivity index is 1.72. The summed E-state index contributed by atoms with van der Waals surface area (Å²) in [5.74, 6) is -0.450. The van der Waals surface area contributed by atoms with Crippen molar-refractivity contribution in [2.45, 2.75) is 58.4 Å². The molecule has 34 heavy (non-hydrogen) atoms. The molecule has 1 aromatic carbocycles. The van der Waals surface area contributed by atoms with Gasteiger partial charge in [0.1, 0.15) is 23.9 Å². The molecule has 0 saturated carbocycles. The predicted molar refractivity (Wildman–Crippen MR) is 119 cm³/mol. The van der Waals surface area contributed by atoms with Crippen molar-refractivity contribution in [3.05, 3.63) is 58.2 Å². The van der Waals surface area contributed by atoms with Gasteiger partial charge in [-0.1, -0.05) is 26.8 Å². The summed E-state index contributed by atoms with van der Waals surface area (Å²) >= 11 is 0. The molecular weight excluding hydrogens is 441 g/mol. The average molecular weight is 467 g/mol. The van der Waals surface area contributed by atoms with Crippen molar-refractivity contribution in [2.24, 2.45) is 5.41 Å². The Kier molecular flexibility index (Phi) is 5.30. The van der Waals surface area contributed by atoms with E-state index in [1.165, 1.54) is 19.4 Å². The Labute approximate surface area is 195 Å². The normalized spacial score (nSPS) is 19.9. The zero-order valence-electron chi connectivity index (χ0n) is 19.5. The quantitative estimate of drug-likeness (QED) is 0.554. The maximum absolute atomic E-state index is 14.9. The third-order valence-electron chi connectivity index (χ3n) is 6.49. The van der Waals surface area contributed by atoms with Gasteiger partial charge in [0, 0.05) is 12.3 Å². The molecule has 1 aliphatic heterocycles. The van der Waals surface area contributed by atoms with Crippen LogP contribution in [0.1, 0.15) is 84.4 Å². The largest absolute Gasteiger partial charge is 0.464 e. The van der Waals surface area contributed by atoms with E-state index < -0.39 is 17.4 Å². The van der Waals surface area contributed by atoms with Crippen LogP contribution in [-0.4, -0.2) is 29.0 Å². The number of rotatable bonds is 2. The van der Waals surface area contributed by atoms with Crippen molar-refractivity contribution in [3.8, 4) is 11.6 Å². The van der Waals surface area contributed by atoms with Crippen molar-refractivity contribution in [1.29, 1.82) is 0 Å². The standard InChI is InChI=1S/C25H26FN3O5/c1-25(2,3)21-23-29-19(22-27-17(11-33-22)24(31)32-4)20(34-23)14-7-6-13-15(14)9-12(10-16(13)26)5-8-18(30)28-21/h9-11,14,21H,5-8H2,1-4H3,(H,28,30)/t14?,21-/m1/s1. The van der Waals surface area contributed by atoms with Crippen molar-refractivity contribution in [2.75, 3.05) is 7.11 Å². The lowest BCUT2D eigenvalue weighted by Crippen LogP contribution is -2.37. The first-order valence-corrected chi connectivity index (χ1v) is 11.3. The van der Waals surface area contributed by atoms with Crippen LogP contribution < -0.4 is 5.32 Å². The molecule has 2 aliphatic rings.